The van der Waals surface area contributed by atoms with Gasteiger partial charge in [-0.05, 0) is 43.3 Å². The Kier molecular flexibility index (Phi) is 5.19. The molecule has 0 unspecified atom stereocenters. The first-order valence-corrected chi connectivity index (χ1v) is 8.78. The van der Waals surface area contributed by atoms with Crippen LogP contribution < -0.4 is 9.47 Å². The Balaban J connectivity index is 1.62. The number of aromatic nitrogens is 1. The molecule has 0 N–H and O–H groups in total. The van der Waals surface area contributed by atoms with Crippen molar-refractivity contribution in [2.75, 3.05) is 14.2 Å². The number of ether oxygens (including phenoxy) is 2. The fourth-order valence-electron chi connectivity index (χ4n) is 2.49. The van der Waals surface area contributed by atoms with Crippen molar-refractivity contribution in [1.82, 2.24) is 9.88 Å². The van der Waals surface area contributed by atoms with E-state index in [1.165, 1.54) is 0 Å². The number of para-hydroxylation sites is 1. The summed E-state index contributed by atoms with van der Waals surface area (Å²) >= 11 is 1.60. The third-order valence-electron chi connectivity index (χ3n) is 3.81. The summed E-state index contributed by atoms with van der Waals surface area (Å²) in [6, 6.07) is 15.1. The molecule has 25 heavy (non-hydrogen) atoms. The zero-order valence-electron chi connectivity index (χ0n) is 14.4. The Morgan fingerprint density at radius 1 is 1.16 bits per heavy atom. The zero-order valence-corrected chi connectivity index (χ0v) is 15.2. The summed E-state index contributed by atoms with van der Waals surface area (Å²) in [5.41, 5.74) is 0.964. The minimum absolute atomic E-state index is 0.0879. The molecule has 3 aromatic rings. The van der Waals surface area contributed by atoms with Crippen LogP contribution in [0.15, 0.2) is 48.5 Å². The smallest absolute Gasteiger partial charge is 0.263 e. The molecule has 130 valence electrons. The Morgan fingerprint density at radius 3 is 2.52 bits per heavy atom. The van der Waals surface area contributed by atoms with E-state index in [4.69, 9.17) is 9.47 Å². The Labute approximate surface area is 150 Å². The molecule has 3 rings (SSSR count). The second-order valence-electron chi connectivity index (χ2n) is 5.71. The molecule has 0 saturated carbocycles. The van der Waals surface area contributed by atoms with Gasteiger partial charge in [0.1, 0.15) is 16.5 Å². The summed E-state index contributed by atoms with van der Waals surface area (Å²) in [6.45, 7) is 2.22. The number of nitrogens with zero attached hydrogens (tertiary/aromatic N) is 2. The number of thiazole rings is 1. The maximum atomic E-state index is 12.5. The molecule has 0 spiro atoms. The van der Waals surface area contributed by atoms with E-state index in [0.29, 0.717) is 12.3 Å². The number of benzene rings is 2. The Bertz CT molecular complexity index is 827. The van der Waals surface area contributed by atoms with Crippen LogP contribution in [0.4, 0.5) is 0 Å². The van der Waals surface area contributed by atoms with Crippen LogP contribution >= 0.6 is 11.3 Å². The molecule has 0 aliphatic heterocycles. The van der Waals surface area contributed by atoms with Crippen LogP contribution in [0.3, 0.4) is 0 Å². The van der Waals surface area contributed by atoms with Crippen LogP contribution in [-0.2, 0) is 11.3 Å². The molecule has 1 heterocycles. The predicted molar refractivity (Wildman–Crippen MR) is 99.2 cm³/mol. The zero-order chi connectivity index (χ0) is 17.8. The second-order valence-corrected chi connectivity index (χ2v) is 6.82. The van der Waals surface area contributed by atoms with Crippen LogP contribution in [0.1, 0.15) is 11.9 Å². The average Bonchev–Trinajstić information content (AvgIpc) is 3.03. The van der Waals surface area contributed by atoms with E-state index in [2.05, 4.69) is 4.98 Å². The topological polar surface area (TPSA) is 51.7 Å². The number of carbonyl (C=O) groups is 1. The van der Waals surface area contributed by atoms with Crippen molar-refractivity contribution in [2.45, 2.75) is 19.6 Å². The van der Waals surface area contributed by atoms with Crippen LogP contribution in [0.25, 0.3) is 10.2 Å². The first-order chi connectivity index (χ1) is 12.1. The van der Waals surface area contributed by atoms with Gasteiger partial charge < -0.3 is 14.4 Å². The Morgan fingerprint density at radius 2 is 1.84 bits per heavy atom. The normalized spacial score (nSPS) is 12.0. The molecule has 0 fully saturated rings. The van der Waals surface area contributed by atoms with Gasteiger partial charge in [0.15, 0.2) is 6.10 Å². The largest absolute Gasteiger partial charge is 0.497 e. The number of rotatable bonds is 6. The summed E-state index contributed by atoms with van der Waals surface area (Å²) < 4.78 is 12.0. The van der Waals surface area contributed by atoms with E-state index >= 15 is 0 Å². The molecule has 6 heteroatoms. The second kappa shape index (κ2) is 7.53. The van der Waals surface area contributed by atoms with Gasteiger partial charge >= 0.3 is 0 Å². The molecule has 2 aromatic carbocycles. The average molecular weight is 356 g/mol. The highest BCUT2D eigenvalue weighted by Crippen LogP contribution is 2.23. The lowest BCUT2D eigenvalue weighted by atomic mass is 10.3. The predicted octanol–water partition coefficient (Wildman–Crippen LogP) is 3.73. The molecule has 1 aromatic heterocycles. The summed E-state index contributed by atoms with van der Waals surface area (Å²) in [4.78, 5) is 18.8. The summed E-state index contributed by atoms with van der Waals surface area (Å²) in [5.74, 6) is 1.30. The molecule has 0 aliphatic rings. The fourth-order valence-corrected chi connectivity index (χ4v) is 3.51. The first kappa shape index (κ1) is 17.2. The highest BCUT2D eigenvalue weighted by molar-refractivity contribution is 7.18. The van der Waals surface area contributed by atoms with Crippen LogP contribution in [-0.4, -0.2) is 36.1 Å². The maximum absolute atomic E-state index is 12.5. The molecular weight excluding hydrogens is 336 g/mol. The molecule has 0 radical (unpaired) electrons. The van der Waals surface area contributed by atoms with Crippen molar-refractivity contribution in [2.24, 2.45) is 0 Å². The molecule has 5 nitrogen and oxygen atoms in total. The van der Waals surface area contributed by atoms with Gasteiger partial charge in [0.05, 0.1) is 23.9 Å². The van der Waals surface area contributed by atoms with Gasteiger partial charge in [-0.3, -0.25) is 4.79 Å². The third kappa shape index (κ3) is 4.09. The maximum Gasteiger partial charge on any atom is 0.263 e. The van der Waals surface area contributed by atoms with E-state index < -0.39 is 6.10 Å². The monoisotopic (exact) mass is 356 g/mol. The number of carbonyl (C=O) groups excluding carboxylic acids is 1. The van der Waals surface area contributed by atoms with Gasteiger partial charge in [0, 0.05) is 7.05 Å². The lowest BCUT2D eigenvalue weighted by Gasteiger charge is -2.21. The van der Waals surface area contributed by atoms with E-state index in [0.717, 1.165) is 21.0 Å². The van der Waals surface area contributed by atoms with Gasteiger partial charge in [-0.15, -0.1) is 11.3 Å². The summed E-state index contributed by atoms with van der Waals surface area (Å²) in [5, 5.41) is 0.911. The van der Waals surface area contributed by atoms with E-state index in [1.807, 2.05) is 24.3 Å². The van der Waals surface area contributed by atoms with Gasteiger partial charge in [-0.2, -0.15) is 0 Å². The van der Waals surface area contributed by atoms with Crippen LogP contribution in [0.2, 0.25) is 0 Å². The molecule has 0 saturated heterocycles. The number of methoxy groups -OCH3 is 1. The van der Waals surface area contributed by atoms with Gasteiger partial charge in [-0.1, -0.05) is 12.1 Å². The number of fused-ring (bicyclic) bond motifs is 1. The number of likely N-dealkylation sites (N-methyl/N-ethyl adjacent to an activating group) is 1. The van der Waals surface area contributed by atoms with Crippen molar-refractivity contribution < 1.29 is 14.3 Å². The van der Waals surface area contributed by atoms with Crippen LogP contribution in [0.5, 0.6) is 11.5 Å². The third-order valence-corrected chi connectivity index (χ3v) is 4.83. The summed E-state index contributed by atoms with van der Waals surface area (Å²) in [6.07, 6.45) is -0.576. The molecule has 0 aliphatic carbocycles. The molecule has 0 bridgehead atoms. The molecule has 1 atom stereocenters. The van der Waals surface area contributed by atoms with Crippen molar-refractivity contribution in [3.63, 3.8) is 0 Å². The first-order valence-electron chi connectivity index (χ1n) is 7.97. The lowest BCUT2D eigenvalue weighted by Crippen LogP contribution is -2.37. The highest BCUT2D eigenvalue weighted by Gasteiger charge is 2.20. The summed E-state index contributed by atoms with van der Waals surface area (Å²) in [7, 11) is 3.38. The number of hydrogen-bond acceptors (Lipinski definition) is 5. The fraction of sp³-hybridized carbons (Fsp3) is 0.263. The van der Waals surface area contributed by atoms with Crippen molar-refractivity contribution in [3.8, 4) is 11.5 Å². The quantitative estimate of drug-likeness (QED) is 0.675. The Hall–Kier alpha value is -2.60. The van der Waals surface area contributed by atoms with E-state index in [-0.39, 0.29) is 5.91 Å². The van der Waals surface area contributed by atoms with Crippen molar-refractivity contribution >= 4 is 27.5 Å². The van der Waals surface area contributed by atoms with Crippen molar-refractivity contribution in [3.05, 3.63) is 53.5 Å². The van der Waals surface area contributed by atoms with Crippen LogP contribution in [0, 0.1) is 0 Å². The molecular formula is C19H20N2O3S. The van der Waals surface area contributed by atoms with E-state index in [9.17, 15) is 4.79 Å². The van der Waals surface area contributed by atoms with Crippen molar-refractivity contribution in [1.29, 1.82) is 0 Å². The lowest BCUT2D eigenvalue weighted by molar-refractivity contribution is -0.137. The minimum atomic E-state index is -0.576. The minimum Gasteiger partial charge on any atom is -0.497 e. The van der Waals surface area contributed by atoms with Gasteiger partial charge in [0.25, 0.3) is 5.91 Å². The SMILES string of the molecule is COc1ccc(O[C@H](C)C(=O)N(C)Cc2nc3ccccc3s2)cc1. The number of amides is 1. The number of hydrogen-bond donors (Lipinski definition) is 0. The van der Waals surface area contributed by atoms with E-state index in [1.54, 1.807) is 61.6 Å². The molecule has 1 amide bonds. The van der Waals surface area contributed by atoms with Gasteiger partial charge in [0.2, 0.25) is 0 Å². The highest BCUT2D eigenvalue weighted by atomic mass is 32.1. The standard InChI is InChI=1S/C19H20N2O3S/c1-13(24-15-10-8-14(23-3)9-11-15)19(22)21(2)12-18-20-16-6-4-5-7-17(16)25-18/h4-11,13H,12H2,1-3H3/t13-/m1/s1. The van der Waals surface area contributed by atoms with Gasteiger partial charge in [-0.25, -0.2) is 4.98 Å².